The largest absolute Gasteiger partial charge is 0.383 e. The minimum atomic E-state index is -0.232. The molecular weight excluding hydrogens is 227 g/mol. The molecule has 4 heteroatoms. The number of nitrogens with one attached hydrogen (secondary N) is 1. The molecule has 1 saturated carbocycles. The lowest BCUT2D eigenvalue weighted by atomic mass is 10.1. The first-order chi connectivity index (χ1) is 7.56. The third-order valence-electron chi connectivity index (χ3n) is 3.29. The van der Waals surface area contributed by atoms with E-state index in [4.69, 9.17) is 17.3 Å². The van der Waals surface area contributed by atoms with Crippen LogP contribution in [0.3, 0.4) is 0 Å². The minimum Gasteiger partial charge on any atom is -0.383 e. The molecule has 0 bridgehead atoms. The smallest absolute Gasteiger partial charge is 0.128 e. The van der Waals surface area contributed by atoms with Crippen molar-refractivity contribution in [2.24, 2.45) is 11.1 Å². The summed E-state index contributed by atoms with van der Waals surface area (Å²) in [7, 11) is 0. The number of nitrogens with two attached hydrogens (primary N) is 1. The van der Waals surface area contributed by atoms with Gasteiger partial charge >= 0.3 is 0 Å². The van der Waals surface area contributed by atoms with Crippen molar-refractivity contribution >= 4 is 17.3 Å². The van der Waals surface area contributed by atoms with Gasteiger partial charge in [0.25, 0.3) is 0 Å². The SMILES string of the molecule is Cc1cc(Cl)c(NCC2(CN)CC2)cc1F. The Bertz CT molecular complexity index is 402. The second-order valence-electron chi connectivity index (χ2n) is 4.64. The van der Waals surface area contributed by atoms with Crippen LogP contribution in [0.25, 0.3) is 0 Å². The molecule has 0 aliphatic heterocycles. The second-order valence-corrected chi connectivity index (χ2v) is 5.05. The molecule has 0 aromatic heterocycles. The van der Waals surface area contributed by atoms with E-state index in [9.17, 15) is 4.39 Å². The van der Waals surface area contributed by atoms with Crippen LogP contribution < -0.4 is 11.1 Å². The zero-order chi connectivity index (χ0) is 11.8. The van der Waals surface area contributed by atoms with Gasteiger partial charge in [-0.05, 0) is 49.4 Å². The Balaban J connectivity index is 2.07. The number of hydrogen-bond donors (Lipinski definition) is 2. The maximum atomic E-state index is 13.4. The Morgan fingerprint density at radius 3 is 2.75 bits per heavy atom. The average molecular weight is 243 g/mol. The van der Waals surface area contributed by atoms with Gasteiger partial charge in [-0.3, -0.25) is 0 Å². The zero-order valence-electron chi connectivity index (χ0n) is 9.32. The summed E-state index contributed by atoms with van der Waals surface area (Å²) in [5.74, 6) is -0.232. The summed E-state index contributed by atoms with van der Waals surface area (Å²) in [4.78, 5) is 0. The Kier molecular flexibility index (Phi) is 3.08. The van der Waals surface area contributed by atoms with Gasteiger partial charge in [-0.15, -0.1) is 0 Å². The van der Waals surface area contributed by atoms with Crippen molar-refractivity contribution in [3.63, 3.8) is 0 Å². The maximum absolute atomic E-state index is 13.4. The summed E-state index contributed by atoms with van der Waals surface area (Å²) in [6.45, 7) is 3.14. The summed E-state index contributed by atoms with van der Waals surface area (Å²) >= 11 is 6.03. The van der Waals surface area contributed by atoms with Crippen LogP contribution in [0.2, 0.25) is 5.02 Å². The Hall–Kier alpha value is -0.800. The van der Waals surface area contributed by atoms with E-state index >= 15 is 0 Å². The van der Waals surface area contributed by atoms with Crippen molar-refractivity contribution in [3.8, 4) is 0 Å². The molecular formula is C12H16ClFN2. The van der Waals surface area contributed by atoms with Crippen molar-refractivity contribution in [3.05, 3.63) is 28.5 Å². The quantitative estimate of drug-likeness (QED) is 0.852. The molecule has 1 aromatic carbocycles. The zero-order valence-corrected chi connectivity index (χ0v) is 10.1. The number of anilines is 1. The molecule has 0 amide bonds. The highest BCUT2D eigenvalue weighted by molar-refractivity contribution is 6.33. The van der Waals surface area contributed by atoms with E-state index in [1.807, 2.05) is 0 Å². The fourth-order valence-corrected chi connectivity index (χ4v) is 1.98. The van der Waals surface area contributed by atoms with Crippen LogP contribution >= 0.6 is 11.6 Å². The molecule has 0 atom stereocenters. The molecule has 0 heterocycles. The monoisotopic (exact) mass is 242 g/mol. The van der Waals surface area contributed by atoms with E-state index in [2.05, 4.69) is 5.32 Å². The number of benzene rings is 1. The summed E-state index contributed by atoms with van der Waals surface area (Å²) in [5, 5.41) is 3.74. The van der Waals surface area contributed by atoms with Crippen LogP contribution in [0.5, 0.6) is 0 Å². The molecule has 0 unspecified atom stereocenters. The van der Waals surface area contributed by atoms with Crippen LogP contribution in [0, 0.1) is 18.2 Å². The molecule has 1 aliphatic carbocycles. The predicted octanol–water partition coefficient (Wildman–Crippen LogP) is 2.94. The number of hydrogen-bond acceptors (Lipinski definition) is 2. The topological polar surface area (TPSA) is 38.0 Å². The van der Waals surface area contributed by atoms with Crippen LogP contribution in [-0.2, 0) is 0 Å². The first kappa shape index (κ1) is 11.7. The summed E-state index contributed by atoms with van der Waals surface area (Å²) in [6.07, 6.45) is 2.28. The highest BCUT2D eigenvalue weighted by Gasteiger charge is 2.40. The summed E-state index contributed by atoms with van der Waals surface area (Å²) in [5.41, 5.74) is 7.11. The van der Waals surface area contributed by atoms with E-state index in [1.165, 1.54) is 6.07 Å². The highest BCUT2D eigenvalue weighted by Crippen LogP contribution is 2.44. The van der Waals surface area contributed by atoms with Gasteiger partial charge in [0, 0.05) is 6.54 Å². The number of rotatable bonds is 4. The van der Waals surface area contributed by atoms with Crippen LogP contribution in [0.1, 0.15) is 18.4 Å². The van der Waals surface area contributed by atoms with Gasteiger partial charge in [-0.2, -0.15) is 0 Å². The third kappa shape index (κ3) is 2.30. The van der Waals surface area contributed by atoms with Crippen LogP contribution in [0.4, 0.5) is 10.1 Å². The molecule has 1 aliphatic rings. The van der Waals surface area contributed by atoms with E-state index in [1.54, 1.807) is 13.0 Å². The minimum absolute atomic E-state index is 0.213. The molecule has 88 valence electrons. The number of halogens is 2. The Labute approximate surface area is 100.0 Å². The number of aryl methyl sites for hydroxylation is 1. The second kappa shape index (κ2) is 4.22. The van der Waals surface area contributed by atoms with Gasteiger partial charge < -0.3 is 11.1 Å². The van der Waals surface area contributed by atoms with Crippen molar-refractivity contribution in [2.75, 3.05) is 18.4 Å². The molecule has 1 fully saturated rings. The molecule has 2 nitrogen and oxygen atoms in total. The standard InChI is InChI=1S/C12H16ClFN2/c1-8-4-9(13)11(5-10(8)14)16-7-12(6-15)2-3-12/h4-5,16H,2-3,6-7,15H2,1H3. The lowest BCUT2D eigenvalue weighted by Gasteiger charge is -2.15. The van der Waals surface area contributed by atoms with Gasteiger partial charge in [0.2, 0.25) is 0 Å². The average Bonchev–Trinajstić information content (AvgIpc) is 3.02. The molecule has 16 heavy (non-hydrogen) atoms. The van der Waals surface area contributed by atoms with Crippen molar-refractivity contribution in [1.82, 2.24) is 0 Å². The molecule has 1 aromatic rings. The van der Waals surface area contributed by atoms with Gasteiger partial charge in [0.15, 0.2) is 0 Å². The lowest BCUT2D eigenvalue weighted by Crippen LogP contribution is -2.24. The molecule has 0 saturated heterocycles. The highest BCUT2D eigenvalue weighted by atomic mass is 35.5. The van der Waals surface area contributed by atoms with Crippen molar-refractivity contribution < 1.29 is 4.39 Å². The molecule has 2 rings (SSSR count). The van der Waals surface area contributed by atoms with Crippen LogP contribution in [0.15, 0.2) is 12.1 Å². The molecule has 3 N–H and O–H groups in total. The fraction of sp³-hybridized carbons (Fsp3) is 0.500. The Morgan fingerprint density at radius 2 is 2.19 bits per heavy atom. The van der Waals surface area contributed by atoms with E-state index in [0.29, 0.717) is 22.8 Å². The van der Waals surface area contributed by atoms with E-state index < -0.39 is 0 Å². The summed E-state index contributed by atoms with van der Waals surface area (Å²) < 4.78 is 13.4. The van der Waals surface area contributed by atoms with Gasteiger partial charge in [0.05, 0.1) is 10.7 Å². The lowest BCUT2D eigenvalue weighted by molar-refractivity contribution is 0.555. The van der Waals surface area contributed by atoms with E-state index in [-0.39, 0.29) is 11.2 Å². The Morgan fingerprint density at radius 1 is 1.50 bits per heavy atom. The van der Waals surface area contributed by atoms with Gasteiger partial charge in [-0.1, -0.05) is 11.6 Å². The fourth-order valence-electron chi connectivity index (χ4n) is 1.69. The van der Waals surface area contributed by atoms with Crippen LogP contribution in [-0.4, -0.2) is 13.1 Å². The predicted molar refractivity (Wildman–Crippen MR) is 65.4 cm³/mol. The first-order valence-electron chi connectivity index (χ1n) is 5.46. The first-order valence-corrected chi connectivity index (χ1v) is 5.84. The normalized spacial score (nSPS) is 17.2. The summed E-state index contributed by atoms with van der Waals surface area (Å²) in [6, 6.07) is 3.09. The molecule has 0 radical (unpaired) electrons. The third-order valence-corrected chi connectivity index (χ3v) is 3.60. The van der Waals surface area contributed by atoms with Gasteiger partial charge in [-0.25, -0.2) is 4.39 Å². The van der Waals surface area contributed by atoms with Crippen molar-refractivity contribution in [2.45, 2.75) is 19.8 Å². The van der Waals surface area contributed by atoms with Crippen molar-refractivity contribution in [1.29, 1.82) is 0 Å². The maximum Gasteiger partial charge on any atom is 0.128 e. The van der Waals surface area contributed by atoms with Gasteiger partial charge in [0.1, 0.15) is 5.82 Å². The van der Waals surface area contributed by atoms with E-state index in [0.717, 1.165) is 19.4 Å². The molecule has 0 spiro atoms.